The van der Waals surface area contributed by atoms with Crippen LogP contribution in [0.3, 0.4) is 0 Å². The Bertz CT molecular complexity index is 667. The molecule has 0 atom stereocenters. The van der Waals surface area contributed by atoms with E-state index in [2.05, 4.69) is 4.98 Å². The van der Waals surface area contributed by atoms with Gasteiger partial charge in [0.15, 0.2) is 5.13 Å². The van der Waals surface area contributed by atoms with Crippen LogP contribution in [0.25, 0.3) is 11.3 Å². The molecule has 0 fully saturated rings. The molecule has 0 aliphatic carbocycles. The molecule has 2 rings (SSSR count). The number of rotatable bonds is 5. The van der Waals surface area contributed by atoms with Crippen molar-refractivity contribution in [3.05, 3.63) is 23.6 Å². The van der Waals surface area contributed by atoms with Crippen LogP contribution in [0.1, 0.15) is 13.8 Å². The van der Waals surface area contributed by atoms with Crippen molar-refractivity contribution >= 4 is 22.4 Å². The Morgan fingerprint density at radius 1 is 1.27 bits per heavy atom. The quantitative estimate of drug-likeness (QED) is 0.847. The van der Waals surface area contributed by atoms with Crippen LogP contribution in [0.4, 0.5) is 5.13 Å². The van der Waals surface area contributed by atoms with Crippen LogP contribution in [0.5, 0.6) is 11.5 Å². The molecule has 1 aromatic heterocycles. The van der Waals surface area contributed by atoms with Crippen molar-refractivity contribution in [3.8, 4) is 22.8 Å². The van der Waals surface area contributed by atoms with Crippen LogP contribution in [0.15, 0.2) is 23.6 Å². The predicted molar refractivity (Wildman–Crippen MR) is 88.9 cm³/mol. The van der Waals surface area contributed by atoms with Gasteiger partial charge in [-0.2, -0.15) is 0 Å². The van der Waals surface area contributed by atoms with Gasteiger partial charge in [-0.3, -0.25) is 9.69 Å². The normalized spacial score (nSPS) is 10.6. The average molecular weight is 320 g/mol. The third-order valence-corrected chi connectivity index (χ3v) is 4.21. The standard InChI is InChI=1S/C16H20N2O3S/c1-10(2)15(19)18(3)16-17-13(9-22-16)12-7-6-11(20-4)8-14(12)21-5/h6-10H,1-5H3. The van der Waals surface area contributed by atoms with Crippen LogP contribution in [0.2, 0.25) is 0 Å². The maximum Gasteiger partial charge on any atom is 0.231 e. The van der Waals surface area contributed by atoms with E-state index in [0.29, 0.717) is 10.9 Å². The first-order valence-corrected chi connectivity index (χ1v) is 7.81. The first-order valence-electron chi connectivity index (χ1n) is 6.93. The van der Waals surface area contributed by atoms with Gasteiger partial charge >= 0.3 is 0 Å². The predicted octanol–water partition coefficient (Wildman–Crippen LogP) is 3.45. The van der Waals surface area contributed by atoms with E-state index in [0.717, 1.165) is 17.0 Å². The number of carbonyl (C=O) groups is 1. The molecule has 1 heterocycles. The smallest absolute Gasteiger partial charge is 0.231 e. The lowest BCUT2D eigenvalue weighted by molar-refractivity contribution is -0.121. The zero-order valence-electron chi connectivity index (χ0n) is 13.4. The van der Waals surface area contributed by atoms with Crippen molar-refractivity contribution in [1.82, 2.24) is 4.98 Å². The maximum atomic E-state index is 12.0. The molecular weight excluding hydrogens is 300 g/mol. The number of hydrogen-bond donors (Lipinski definition) is 0. The number of anilines is 1. The Kier molecular flexibility index (Phi) is 5.03. The van der Waals surface area contributed by atoms with Gasteiger partial charge < -0.3 is 9.47 Å². The van der Waals surface area contributed by atoms with Crippen LogP contribution < -0.4 is 14.4 Å². The molecule has 0 N–H and O–H groups in total. The van der Waals surface area contributed by atoms with Crippen molar-refractivity contribution in [2.45, 2.75) is 13.8 Å². The summed E-state index contributed by atoms with van der Waals surface area (Å²) in [7, 11) is 4.97. The largest absolute Gasteiger partial charge is 0.497 e. The average Bonchev–Trinajstić information content (AvgIpc) is 3.02. The van der Waals surface area contributed by atoms with Gasteiger partial charge in [-0.25, -0.2) is 4.98 Å². The van der Waals surface area contributed by atoms with Crippen LogP contribution in [-0.4, -0.2) is 32.2 Å². The van der Waals surface area contributed by atoms with E-state index in [9.17, 15) is 4.79 Å². The second-order valence-electron chi connectivity index (χ2n) is 5.13. The Morgan fingerprint density at radius 2 is 2.00 bits per heavy atom. The fourth-order valence-corrected chi connectivity index (χ4v) is 2.83. The topological polar surface area (TPSA) is 51.7 Å². The van der Waals surface area contributed by atoms with Gasteiger partial charge in [0.1, 0.15) is 11.5 Å². The Hall–Kier alpha value is -2.08. The summed E-state index contributed by atoms with van der Waals surface area (Å²) in [6.45, 7) is 3.75. The molecule has 0 spiro atoms. The minimum Gasteiger partial charge on any atom is -0.497 e. The lowest BCUT2D eigenvalue weighted by Gasteiger charge is -2.15. The Morgan fingerprint density at radius 3 is 2.59 bits per heavy atom. The molecule has 6 heteroatoms. The number of amides is 1. The van der Waals surface area contributed by atoms with Crippen LogP contribution in [0, 0.1) is 5.92 Å². The third-order valence-electron chi connectivity index (χ3n) is 3.29. The second kappa shape index (κ2) is 6.79. The van der Waals surface area contributed by atoms with Crippen molar-refractivity contribution < 1.29 is 14.3 Å². The summed E-state index contributed by atoms with van der Waals surface area (Å²) >= 11 is 1.43. The van der Waals surface area contributed by atoms with Gasteiger partial charge in [-0.05, 0) is 12.1 Å². The summed E-state index contributed by atoms with van der Waals surface area (Å²) in [4.78, 5) is 18.2. The molecule has 1 amide bonds. The molecule has 2 aromatic rings. The fourth-order valence-electron chi connectivity index (χ4n) is 2.03. The van der Waals surface area contributed by atoms with E-state index in [1.165, 1.54) is 11.3 Å². The van der Waals surface area contributed by atoms with Crippen LogP contribution in [-0.2, 0) is 4.79 Å². The van der Waals surface area contributed by atoms with Crippen molar-refractivity contribution in [2.24, 2.45) is 5.92 Å². The molecule has 0 saturated carbocycles. The number of carbonyl (C=O) groups excluding carboxylic acids is 1. The van der Waals surface area contributed by atoms with Crippen molar-refractivity contribution in [2.75, 3.05) is 26.2 Å². The van der Waals surface area contributed by atoms with Gasteiger partial charge in [-0.1, -0.05) is 13.8 Å². The molecule has 0 bridgehead atoms. The van der Waals surface area contributed by atoms with Gasteiger partial charge in [-0.15, -0.1) is 11.3 Å². The van der Waals surface area contributed by atoms with E-state index >= 15 is 0 Å². The number of methoxy groups -OCH3 is 2. The monoisotopic (exact) mass is 320 g/mol. The molecule has 0 aliphatic rings. The number of ether oxygens (including phenoxy) is 2. The molecule has 0 radical (unpaired) electrons. The highest BCUT2D eigenvalue weighted by molar-refractivity contribution is 7.14. The Labute approximate surface area is 134 Å². The number of hydrogen-bond acceptors (Lipinski definition) is 5. The van der Waals surface area contributed by atoms with Crippen molar-refractivity contribution in [1.29, 1.82) is 0 Å². The van der Waals surface area contributed by atoms with E-state index in [-0.39, 0.29) is 11.8 Å². The molecule has 0 saturated heterocycles. The highest BCUT2D eigenvalue weighted by Crippen LogP contribution is 2.35. The molecule has 1 aromatic carbocycles. The fraction of sp³-hybridized carbons (Fsp3) is 0.375. The number of nitrogens with zero attached hydrogens (tertiary/aromatic N) is 2. The summed E-state index contributed by atoms with van der Waals surface area (Å²) in [5.41, 5.74) is 1.65. The summed E-state index contributed by atoms with van der Waals surface area (Å²) in [5.74, 6) is 1.40. The lowest BCUT2D eigenvalue weighted by atomic mass is 10.1. The maximum absolute atomic E-state index is 12.0. The highest BCUT2D eigenvalue weighted by Gasteiger charge is 2.19. The number of benzene rings is 1. The van der Waals surface area contributed by atoms with Gasteiger partial charge in [0, 0.05) is 30.0 Å². The summed E-state index contributed by atoms with van der Waals surface area (Å²) < 4.78 is 10.6. The first kappa shape index (κ1) is 16.3. The SMILES string of the molecule is COc1ccc(-c2csc(N(C)C(=O)C(C)C)n2)c(OC)c1. The minimum absolute atomic E-state index is 0.0441. The molecule has 0 aliphatic heterocycles. The van der Waals surface area contributed by atoms with Gasteiger partial charge in [0.2, 0.25) is 5.91 Å². The van der Waals surface area contributed by atoms with E-state index in [1.807, 2.05) is 37.4 Å². The molecule has 22 heavy (non-hydrogen) atoms. The summed E-state index contributed by atoms with van der Waals surface area (Å²) in [6, 6.07) is 5.58. The zero-order valence-corrected chi connectivity index (χ0v) is 14.2. The van der Waals surface area contributed by atoms with Gasteiger partial charge in [0.05, 0.1) is 19.9 Å². The molecular formula is C16H20N2O3S. The van der Waals surface area contributed by atoms with E-state index in [4.69, 9.17) is 9.47 Å². The highest BCUT2D eigenvalue weighted by atomic mass is 32.1. The van der Waals surface area contributed by atoms with Crippen molar-refractivity contribution in [3.63, 3.8) is 0 Å². The van der Waals surface area contributed by atoms with Crippen LogP contribution >= 0.6 is 11.3 Å². The second-order valence-corrected chi connectivity index (χ2v) is 5.97. The third kappa shape index (κ3) is 3.22. The molecule has 118 valence electrons. The summed E-state index contributed by atoms with van der Waals surface area (Å²) in [6.07, 6.45) is 0. The first-order chi connectivity index (χ1) is 10.5. The minimum atomic E-state index is -0.0622. The molecule has 5 nitrogen and oxygen atoms in total. The summed E-state index contributed by atoms with van der Waals surface area (Å²) in [5, 5.41) is 2.59. The van der Waals surface area contributed by atoms with Gasteiger partial charge in [0.25, 0.3) is 0 Å². The Balaban J connectivity index is 2.34. The molecule has 0 unspecified atom stereocenters. The van der Waals surface area contributed by atoms with E-state index < -0.39 is 0 Å². The van der Waals surface area contributed by atoms with E-state index in [1.54, 1.807) is 26.2 Å². The number of thiazole rings is 1. The lowest BCUT2D eigenvalue weighted by Crippen LogP contribution is -2.30. The number of aromatic nitrogens is 1. The zero-order chi connectivity index (χ0) is 16.3.